The standard InChI is InChI=1S/C11H18F2/c1-4-10(9(2)3)5-7-11(12,13)8-6-10/h2,4-8H2,1,3H3. The average molecular weight is 188 g/mol. The largest absolute Gasteiger partial charge is 0.248 e. The molecule has 0 amide bonds. The quantitative estimate of drug-likeness (QED) is 0.570. The van der Waals surface area contributed by atoms with Crippen LogP contribution in [0, 0.1) is 5.41 Å². The van der Waals surface area contributed by atoms with E-state index in [9.17, 15) is 8.78 Å². The van der Waals surface area contributed by atoms with E-state index >= 15 is 0 Å². The summed E-state index contributed by atoms with van der Waals surface area (Å²) in [7, 11) is 0. The molecule has 2 heteroatoms. The fourth-order valence-electron chi connectivity index (χ4n) is 2.18. The third kappa shape index (κ3) is 2.09. The summed E-state index contributed by atoms with van der Waals surface area (Å²) < 4.78 is 25.8. The van der Waals surface area contributed by atoms with Crippen LogP contribution in [0.3, 0.4) is 0 Å². The summed E-state index contributed by atoms with van der Waals surface area (Å²) in [5, 5.41) is 0. The van der Waals surface area contributed by atoms with Gasteiger partial charge in [-0.2, -0.15) is 0 Å². The van der Waals surface area contributed by atoms with Gasteiger partial charge in [-0.25, -0.2) is 8.78 Å². The molecule has 0 unspecified atom stereocenters. The number of hydrogen-bond acceptors (Lipinski definition) is 0. The molecule has 1 aliphatic carbocycles. The monoisotopic (exact) mass is 188 g/mol. The van der Waals surface area contributed by atoms with Gasteiger partial charge in [0.25, 0.3) is 0 Å². The lowest BCUT2D eigenvalue weighted by Crippen LogP contribution is -2.33. The van der Waals surface area contributed by atoms with Crippen molar-refractivity contribution in [3.63, 3.8) is 0 Å². The number of rotatable bonds is 2. The zero-order chi connectivity index (χ0) is 10.1. The zero-order valence-electron chi connectivity index (χ0n) is 8.50. The van der Waals surface area contributed by atoms with Crippen molar-refractivity contribution >= 4 is 0 Å². The molecule has 0 bridgehead atoms. The van der Waals surface area contributed by atoms with Gasteiger partial charge in [-0.05, 0) is 31.6 Å². The molecule has 0 aromatic heterocycles. The third-order valence-electron chi connectivity index (χ3n) is 3.52. The van der Waals surface area contributed by atoms with Gasteiger partial charge < -0.3 is 0 Å². The summed E-state index contributed by atoms with van der Waals surface area (Å²) in [6, 6.07) is 0. The lowest BCUT2D eigenvalue weighted by atomic mass is 9.67. The van der Waals surface area contributed by atoms with Crippen LogP contribution in [-0.2, 0) is 0 Å². The van der Waals surface area contributed by atoms with Crippen LogP contribution in [0.15, 0.2) is 12.2 Å². The van der Waals surface area contributed by atoms with Gasteiger partial charge in [0.15, 0.2) is 0 Å². The average Bonchev–Trinajstić information content (AvgIpc) is 2.05. The highest BCUT2D eigenvalue weighted by Crippen LogP contribution is 2.48. The Morgan fingerprint density at radius 1 is 1.23 bits per heavy atom. The SMILES string of the molecule is C=C(C)C1(CC)CCC(F)(F)CC1. The van der Waals surface area contributed by atoms with E-state index < -0.39 is 5.92 Å². The summed E-state index contributed by atoms with van der Waals surface area (Å²) in [5.74, 6) is -2.42. The van der Waals surface area contributed by atoms with Crippen LogP contribution in [0.4, 0.5) is 8.78 Å². The lowest BCUT2D eigenvalue weighted by Gasteiger charge is -2.40. The molecule has 0 N–H and O–H groups in total. The van der Waals surface area contributed by atoms with Crippen LogP contribution in [-0.4, -0.2) is 5.92 Å². The van der Waals surface area contributed by atoms with Gasteiger partial charge in [0.05, 0.1) is 0 Å². The first kappa shape index (κ1) is 10.7. The predicted molar refractivity (Wildman–Crippen MR) is 51.0 cm³/mol. The summed E-state index contributed by atoms with van der Waals surface area (Å²) in [6.45, 7) is 7.96. The van der Waals surface area contributed by atoms with Crippen molar-refractivity contribution < 1.29 is 8.78 Å². The molecule has 0 spiro atoms. The fraction of sp³-hybridized carbons (Fsp3) is 0.818. The Labute approximate surface area is 79.0 Å². The molecule has 0 atom stereocenters. The molecular weight excluding hydrogens is 170 g/mol. The number of alkyl halides is 2. The Morgan fingerprint density at radius 2 is 1.69 bits per heavy atom. The Morgan fingerprint density at radius 3 is 2.00 bits per heavy atom. The van der Waals surface area contributed by atoms with Crippen molar-refractivity contribution in [3.8, 4) is 0 Å². The van der Waals surface area contributed by atoms with Crippen molar-refractivity contribution in [1.82, 2.24) is 0 Å². The first-order chi connectivity index (χ1) is 5.92. The van der Waals surface area contributed by atoms with Crippen molar-refractivity contribution in [2.45, 2.75) is 51.9 Å². The Balaban J connectivity index is 2.69. The van der Waals surface area contributed by atoms with E-state index in [0.717, 1.165) is 12.0 Å². The van der Waals surface area contributed by atoms with Crippen molar-refractivity contribution in [2.24, 2.45) is 5.41 Å². The molecule has 13 heavy (non-hydrogen) atoms. The Hall–Kier alpha value is -0.400. The van der Waals surface area contributed by atoms with Crippen LogP contribution in [0.25, 0.3) is 0 Å². The summed E-state index contributed by atoms with van der Waals surface area (Å²) in [6.07, 6.45) is 2.22. The normalized spacial score (nSPS) is 25.5. The second-order valence-electron chi connectivity index (χ2n) is 4.27. The van der Waals surface area contributed by atoms with Gasteiger partial charge >= 0.3 is 0 Å². The van der Waals surface area contributed by atoms with E-state index in [4.69, 9.17) is 0 Å². The highest BCUT2D eigenvalue weighted by Gasteiger charge is 2.42. The predicted octanol–water partition coefficient (Wildman–Crippen LogP) is 4.17. The topological polar surface area (TPSA) is 0 Å². The maximum absolute atomic E-state index is 12.9. The van der Waals surface area contributed by atoms with Gasteiger partial charge in [-0.15, -0.1) is 0 Å². The lowest BCUT2D eigenvalue weighted by molar-refractivity contribution is -0.0602. The molecule has 0 aromatic carbocycles. The molecule has 1 aliphatic rings. The van der Waals surface area contributed by atoms with E-state index in [1.165, 1.54) is 0 Å². The minimum atomic E-state index is -2.42. The van der Waals surface area contributed by atoms with Gasteiger partial charge in [0.1, 0.15) is 0 Å². The molecule has 0 nitrogen and oxygen atoms in total. The minimum Gasteiger partial charge on any atom is -0.207 e. The maximum atomic E-state index is 12.9. The summed E-state index contributed by atoms with van der Waals surface area (Å²) in [4.78, 5) is 0. The Kier molecular flexibility index (Phi) is 2.79. The molecule has 0 saturated heterocycles. The number of allylic oxidation sites excluding steroid dienone is 1. The van der Waals surface area contributed by atoms with Gasteiger partial charge in [0.2, 0.25) is 5.92 Å². The van der Waals surface area contributed by atoms with Gasteiger partial charge in [-0.3, -0.25) is 0 Å². The Bertz CT molecular complexity index is 196. The smallest absolute Gasteiger partial charge is 0.207 e. The van der Waals surface area contributed by atoms with E-state index in [2.05, 4.69) is 13.5 Å². The molecule has 76 valence electrons. The number of halogens is 2. The van der Waals surface area contributed by atoms with Crippen molar-refractivity contribution in [3.05, 3.63) is 12.2 Å². The highest BCUT2D eigenvalue weighted by atomic mass is 19.3. The second kappa shape index (κ2) is 3.39. The van der Waals surface area contributed by atoms with Crippen LogP contribution in [0.5, 0.6) is 0 Å². The minimum absolute atomic E-state index is 0.00167. The number of hydrogen-bond donors (Lipinski definition) is 0. The molecule has 0 radical (unpaired) electrons. The van der Waals surface area contributed by atoms with E-state index in [-0.39, 0.29) is 18.3 Å². The third-order valence-corrected chi connectivity index (χ3v) is 3.52. The first-order valence-electron chi connectivity index (χ1n) is 4.96. The van der Waals surface area contributed by atoms with Crippen LogP contribution >= 0.6 is 0 Å². The zero-order valence-corrected chi connectivity index (χ0v) is 8.50. The van der Waals surface area contributed by atoms with Crippen molar-refractivity contribution in [2.75, 3.05) is 0 Å². The van der Waals surface area contributed by atoms with E-state index in [1.807, 2.05) is 6.92 Å². The molecular formula is C11H18F2. The summed E-state index contributed by atoms with van der Waals surface area (Å²) >= 11 is 0. The molecule has 1 saturated carbocycles. The molecule has 0 aliphatic heterocycles. The van der Waals surface area contributed by atoms with Crippen LogP contribution in [0.2, 0.25) is 0 Å². The van der Waals surface area contributed by atoms with E-state index in [1.54, 1.807) is 0 Å². The molecule has 0 aromatic rings. The highest BCUT2D eigenvalue weighted by molar-refractivity contribution is 5.09. The van der Waals surface area contributed by atoms with Gasteiger partial charge in [0, 0.05) is 12.8 Å². The molecule has 0 heterocycles. The summed E-state index contributed by atoms with van der Waals surface area (Å²) in [5.41, 5.74) is 1.08. The fourth-order valence-corrected chi connectivity index (χ4v) is 2.18. The first-order valence-corrected chi connectivity index (χ1v) is 4.96. The van der Waals surface area contributed by atoms with Gasteiger partial charge in [-0.1, -0.05) is 19.1 Å². The maximum Gasteiger partial charge on any atom is 0.248 e. The second-order valence-corrected chi connectivity index (χ2v) is 4.27. The van der Waals surface area contributed by atoms with E-state index in [0.29, 0.717) is 12.8 Å². The van der Waals surface area contributed by atoms with Crippen molar-refractivity contribution in [1.29, 1.82) is 0 Å². The van der Waals surface area contributed by atoms with Crippen LogP contribution in [0.1, 0.15) is 46.0 Å². The van der Waals surface area contributed by atoms with Crippen LogP contribution < -0.4 is 0 Å². The molecule has 1 fully saturated rings. The molecule has 1 rings (SSSR count).